The molecule has 1 fully saturated rings. The number of amides is 1. The number of para-hydroxylation sites is 1. The van der Waals surface area contributed by atoms with Gasteiger partial charge in [0.05, 0.1) is 13.2 Å². The highest BCUT2D eigenvalue weighted by atomic mass is 16.5. The Morgan fingerprint density at radius 1 is 1.07 bits per heavy atom. The molecule has 0 atom stereocenters. The molecule has 150 valence electrons. The van der Waals surface area contributed by atoms with E-state index in [4.69, 9.17) is 9.47 Å². The number of nitrogens with zero attached hydrogens (tertiary/aromatic N) is 1. The third-order valence-corrected chi connectivity index (χ3v) is 4.99. The summed E-state index contributed by atoms with van der Waals surface area (Å²) in [5.41, 5.74) is 3.51. The van der Waals surface area contributed by atoms with E-state index in [1.54, 1.807) is 0 Å². The van der Waals surface area contributed by atoms with Gasteiger partial charge in [0, 0.05) is 26.2 Å². The number of hydrogen-bond acceptors (Lipinski definition) is 4. The molecule has 0 spiro atoms. The Morgan fingerprint density at radius 3 is 2.50 bits per heavy atom. The van der Waals surface area contributed by atoms with E-state index in [0.717, 1.165) is 49.7 Å². The molecule has 0 aliphatic carbocycles. The number of benzene rings is 2. The van der Waals surface area contributed by atoms with Gasteiger partial charge in [0.15, 0.2) is 6.61 Å². The maximum absolute atomic E-state index is 12.3. The van der Waals surface area contributed by atoms with Gasteiger partial charge in [0.2, 0.25) is 0 Å². The SMILES string of the molecule is CC(C)c1ccccc1OCC(=O)NCc1ccccc1CN1CCOCC1. The lowest BCUT2D eigenvalue weighted by atomic mass is 10.0. The predicted molar refractivity (Wildman–Crippen MR) is 110 cm³/mol. The van der Waals surface area contributed by atoms with Crippen LogP contribution in [0.15, 0.2) is 48.5 Å². The van der Waals surface area contributed by atoms with Crippen LogP contribution >= 0.6 is 0 Å². The Bertz CT molecular complexity index is 770. The second-order valence-corrected chi connectivity index (χ2v) is 7.42. The average Bonchev–Trinajstić information content (AvgIpc) is 2.72. The lowest BCUT2D eigenvalue weighted by Gasteiger charge is -2.27. The van der Waals surface area contributed by atoms with Crippen molar-refractivity contribution in [1.82, 2.24) is 10.2 Å². The van der Waals surface area contributed by atoms with Crippen molar-refractivity contribution >= 4 is 5.91 Å². The first kappa shape index (κ1) is 20.4. The van der Waals surface area contributed by atoms with Gasteiger partial charge >= 0.3 is 0 Å². The van der Waals surface area contributed by atoms with Crippen LogP contribution < -0.4 is 10.1 Å². The van der Waals surface area contributed by atoms with Crippen molar-refractivity contribution in [2.45, 2.75) is 32.9 Å². The first-order valence-electron chi connectivity index (χ1n) is 9.99. The van der Waals surface area contributed by atoms with Crippen molar-refractivity contribution < 1.29 is 14.3 Å². The smallest absolute Gasteiger partial charge is 0.258 e. The van der Waals surface area contributed by atoms with E-state index in [9.17, 15) is 4.79 Å². The molecule has 5 nitrogen and oxygen atoms in total. The standard InChI is InChI=1S/C23H30N2O3/c1-18(2)21-9-5-6-10-22(21)28-17-23(26)24-15-19-7-3-4-8-20(19)16-25-11-13-27-14-12-25/h3-10,18H,11-17H2,1-2H3,(H,24,26). The zero-order chi connectivity index (χ0) is 19.8. The van der Waals surface area contributed by atoms with Gasteiger partial charge in [0.25, 0.3) is 5.91 Å². The molecule has 1 amide bonds. The summed E-state index contributed by atoms with van der Waals surface area (Å²) < 4.78 is 11.2. The zero-order valence-corrected chi connectivity index (χ0v) is 16.8. The summed E-state index contributed by atoms with van der Waals surface area (Å²) >= 11 is 0. The van der Waals surface area contributed by atoms with Crippen LogP contribution in [-0.4, -0.2) is 43.7 Å². The lowest BCUT2D eigenvalue weighted by molar-refractivity contribution is -0.123. The Labute approximate surface area is 167 Å². The number of nitrogens with one attached hydrogen (secondary N) is 1. The molecule has 1 aliphatic rings. The van der Waals surface area contributed by atoms with E-state index < -0.39 is 0 Å². The van der Waals surface area contributed by atoms with Crippen molar-refractivity contribution in [2.75, 3.05) is 32.9 Å². The Kier molecular flexibility index (Phi) is 7.46. The fourth-order valence-corrected chi connectivity index (χ4v) is 3.36. The van der Waals surface area contributed by atoms with Gasteiger partial charge in [-0.05, 0) is 28.7 Å². The minimum atomic E-state index is -0.111. The summed E-state index contributed by atoms with van der Waals surface area (Å²) in [4.78, 5) is 14.7. The molecule has 1 N–H and O–H groups in total. The largest absolute Gasteiger partial charge is 0.483 e. The van der Waals surface area contributed by atoms with Crippen molar-refractivity contribution in [3.05, 3.63) is 65.2 Å². The molecule has 0 saturated carbocycles. The van der Waals surface area contributed by atoms with Crippen LogP contribution in [0.1, 0.15) is 36.5 Å². The van der Waals surface area contributed by atoms with Crippen molar-refractivity contribution in [3.8, 4) is 5.75 Å². The van der Waals surface area contributed by atoms with Gasteiger partial charge in [-0.2, -0.15) is 0 Å². The van der Waals surface area contributed by atoms with Crippen LogP contribution in [0, 0.1) is 0 Å². The molecule has 5 heteroatoms. The summed E-state index contributed by atoms with van der Waals surface area (Å²) in [6.45, 7) is 9.12. The number of rotatable bonds is 8. The van der Waals surface area contributed by atoms with Gasteiger partial charge in [-0.25, -0.2) is 0 Å². The van der Waals surface area contributed by atoms with E-state index in [0.29, 0.717) is 12.5 Å². The topological polar surface area (TPSA) is 50.8 Å². The number of morpholine rings is 1. The quantitative estimate of drug-likeness (QED) is 0.761. The van der Waals surface area contributed by atoms with Gasteiger partial charge < -0.3 is 14.8 Å². The molecular formula is C23H30N2O3. The molecule has 2 aromatic rings. The predicted octanol–water partition coefficient (Wildman–Crippen LogP) is 3.34. The van der Waals surface area contributed by atoms with E-state index in [1.165, 1.54) is 5.56 Å². The summed E-state index contributed by atoms with van der Waals surface area (Å²) in [5, 5.41) is 2.99. The molecule has 1 saturated heterocycles. The Morgan fingerprint density at radius 2 is 1.75 bits per heavy atom. The molecule has 0 bridgehead atoms. The summed E-state index contributed by atoms with van der Waals surface area (Å²) in [6, 6.07) is 16.2. The van der Waals surface area contributed by atoms with Crippen LogP contribution in [0.4, 0.5) is 0 Å². The second-order valence-electron chi connectivity index (χ2n) is 7.42. The fourth-order valence-electron chi connectivity index (χ4n) is 3.36. The minimum absolute atomic E-state index is 0.0232. The Balaban J connectivity index is 1.52. The maximum Gasteiger partial charge on any atom is 0.258 e. The third kappa shape index (κ3) is 5.81. The van der Waals surface area contributed by atoms with Gasteiger partial charge in [-0.15, -0.1) is 0 Å². The summed E-state index contributed by atoms with van der Waals surface area (Å²) in [5.74, 6) is 1.02. The van der Waals surface area contributed by atoms with Gasteiger partial charge in [-0.1, -0.05) is 56.3 Å². The van der Waals surface area contributed by atoms with Crippen LogP contribution in [0.25, 0.3) is 0 Å². The molecule has 2 aromatic carbocycles. The lowest BCUT2D eigenvalue weighted by Crippen LogP contribution is -2.36. The highest BCUT2D eigenvalue weighted by Gasteiger charge is 2.13. The highest BCUT2D eigenvalue weighted by Crippen LogP contribution is 2.25. The average molecular weight is 383 g/mol. The highest BCUT2D eigenvalue weighted by molar-refractivity contribution is 5.77. The second kappa shape index (κ2) is 10.2. The number of carbonyl (C=O) groups is 1. The van der Waals surface area contributed by atoms with Crippen LogP contribution in [0.5, 0.6) is 5.75 Å². The molecule has 0 radical (unpaired) electrons. The van der Waals surface area contributed by atoms with Crippen molar-refractivity contribution in [2.24, 2.45) is 0 Å². The normalized spacial score (nSPS) is 14.8. The monoisotopic (exact) mass is 382 g/mol. The molecule has 1 aliphatic heterocycles. The molecule has 0 aromatic heterocycles. The van der Waals surface area contributed by atoms with Crippen molar-refractivity contribution in [1.29, 1.82) is 0 Å². The minimum Gasteiger partial charge on any atom is -0.483 e. The molecule has 1 heterocycles. The summed E-state index contributed by atoms with van der Waals surface area (Å²) in [6.07, 6.45) is 0. The van der Waals surface area contributed by atoms with Crippen LogP contribution in [0.2, 0.25) is 0 Å². The first-order chi connectivity index (χ1) is 13.6. The van der Waals surface area contributed by atoms with E-state index in [-0.39, 0.29) is 12.5 Å². The Hall–Kier alpha value is -2.37. The number of hydrogen-bond donors (Lipinski definition) is 1. The third-order valence-electron chi connectivity index (χ3n) is 4.99. The number of carbonyl (C=O) groups excluding carboxylic acids is 1. The van der Waals surface area contributed by atoms with Gasteiger partial charge in [0.1, 0.15) is 5.75 Å². The first-order valence-corrected chi connectivity index (χ1v) is 9.99. The van der Waals surface area contributed by atoms with E-state index >= 15 is 0 Å². The van der Waals surface area contributed by atoms with E-state index in [2.05, 4.69) is 36.2 Å². The zero-order valence-electron chi connectivity index (χ0n) is 16.8. The molecule has 3 rings (SSSR count). The summed E-state index contributed by atoms with van der Waals surface area (Å²) in [7, 11) is 0. The molecular weight excluding hydrogens is 352 g/mol. The molecule has 0 unspecified atom stereocenters. The van der Waals surface area contributed by atoms with Gasteiger partial charge in [-0.3, -0.25) is 9.69 Å². The number of ether oxygens (including phenoxy) is 2. The van der Waals surface area contributed by atoms with Crippen LogP contribution in [-0.2, 0) is 22.6 Å². The van der Waals surface area contributed by atoms with Crippen molar-refractivity contribution in [3.63, 3.8) is 0 Å². The fraction of sp³-hybridized carbons (Fsp3) is 0.435. The van der Waals surface area contributed by atoms with E-state index in [1.807, 2.05) is 36.4 Å². The van der Waals surface area contributed by atoms with Crippen LogP contribution in [0.3, 0.4) is 0 Å². The maximum atomic E-state index is 12.3. The molecule has 28 heavy (non-hydrogen) atoms.